The highest BCUT2D eigenvalue weighted by Gasteiger charge is 2.20. The van der Waals surface area contributed by atoms with Gasteiger partial charge in [0.05, 0.1) is 8.66 Å². The van der Waals surface area contributed by atoms with Crippen molar-refractivity contribution in [1.82, 2.24) is 4.98 Å². The Hall–Kier alpha value is 0.240. The second-order valence-corrected chi connectivity index (χ2v) is 8.18. The first-order valence-electron chi connectivity index (χ1n) is 3.84. The molecule has 0 saturated heterocycles. The summed E-state index contributed by atoms with van der Waals surface area (Å²) in [6.45, 7) is 0. The summed E-state index contributed by atoms with van der Waals surface area (Å²) in [4.78, 5) is 16.5. The summed E-state index contributed by atoms with van der Waals surface area (Å²) in [6, 6.07) is 1.88. The smallest absolute Gasteiger partial charge is 0.356 e. The SMILES string of the molecule is O=C(O)c1nc(Br)sc1-c1cc(Br)c(Br)s1. The van der Waals surface area contributed by atoms with E-state index >= 15 is 0 Å². The van der Waals surface area contributed by atoms with E-state index in [0.29, 0.717) is 8.79 Å². The molecule has 16 heavy (non-hydrogen) atoms. The van der Waals surface area contributed by atoms with Crippen LogP contribution in [-0.2, 0) is 0 Å². The average molecular weight is 448 g/mol. The van der Waals surface area contributed by atoms with E-state index < -0.39 is 5.97 Å². The number of carbonyl (C=O) groups is 1. The summed E-state index contributed by atoms with van der Waals surface area (Å²) in [7, 11) is 0. The lowest BCUT2D eigenvalue weighted by Gasteiger charge is -1.92. The van der Waals surface area contributed by atoms with Crippen LogP contribution in [0.4, 0.5) is 0 Å². The molecule has 2 aromatic heterocycles. The minimum atomic E-state index is -1.02. The first-order valence-corrected chi connectivity index (χ1v) is 7.85. The largest absolute Gasteiger partial charge is 0.476 e. The fraction of sp³-hybridized carbons (Fsp3) is 0. The fourth-order valence-corrected chi connectivity index (χ4v) is 4.65. The highest BCUT2D eigenvalue weighted by atomic mass is 79.9. The molecule has 2 rings (SSSR count). The number of aromatic nitrogens is 1. The Kier molecular flexibility index (Phi) is 3.85. The molecule has 1 N–H and O–H groups in total. The Morgan fingerprint density at radius 1 is 1.31 bits per heavy atom. The molecule has 0 unspecified atom stereocenters. The predicted octanol–water partition coefficient (Wildman–Crippen LogP) is 4.86. The van der Waals surface area contributed by atoms with E-state index in [0.717, 1.165) is 13.1 Å². The molecule has 0 aliphatic carbocycles. The van der Waals surface area contributed by atoms with Gasteiger partial charge in [-0.2, -0.15) is 0 Å². The number of carboxylic acid groups (broad SMARTS) is 1. The van der Waals surface area contributed by atoms with Crippen molar-refractivity contribution in [3.63, 3.8) is 0 Å². The number of aromatic carboxylic acids is 1. The zero-order valence-corrected chi connectivity index (χ0v) is 13.7. The van der Waals surface area contributed by atoms with Crippen LogP contribution >= 0.6 is 70.5 Å². The first kappa shape index (κ1) is 12.7. The Labute approximate surface area is 124 Å². The van der Waals surface area contributed by atoms with Gasteiger partial charge in [0.15, 0.2) is 9.61 Å². The van der Waals surface area contributed by atoms with Gasteiger partial charge >= 0.3 is 5.97 Å². The minimum Gasteiger partial charge on any atom is -0.476 e. The monoisotopic (exact) mass is 445 g/mol. The molecule has 0 aliphatic heterocycles. The van der Waals surface area contributed by atoms with E-state index in [4.69, 9.17) is 5.11 Å². The summed E-state index contributed by atoms with van der Waals surface area (Å²) in [5, 5.41) is 9.02. The molecular weight excluding hydrogens is 446 g/mol. The number of halogens is 3. The summed E-state index contributed by atoms with van der Waals surface area (Å²) < 4.78 is 2.41. The second kappa shape index (κ2) is 4.85. The molecule has 84 valence electrons. The van der Waals surface area contributed by atoms with Crippen LogP contribution in [0, 0.1) is 0 Å². The number of thiazole rings is 1. The Balaban J connectivity index is 2.59. The molecule has 0 saturated carbocycles. The zero-order chi connectivity index (χ0) is 11.9. The van der Waals surface area contributed by atoms with Crippen molar-refractivity contribution in [3.05, 3.63) is 23.9 Å². The Morgan fingerprint density at radius 2 is 2.00 bits per heavy atom. The van der Waals surface area contributed by atoms with E-state index in [1.807, 2.05) is 6.07 Å². The molecule has 0 aromatic carbocycles. The molecule has 2 aromatic rings. The van der Waals surface area contributed by atoms with Crippen LogP contribution in [0.25, 0.3) is 9.75 Å². The van der Waals surface area contributed by atoms with Gasteiger partial charge in [0.25, 0.3) is 0 Å². The van der Waals surface area contributed by atoms with E-state index in [1.54, 1.807) is 0 Å². The highest BCUT2D eigenvalue weighted by molar-refractivity contribution is 9.13. The lowest BCUT2D eigenvalue weighted by molar-refractivity contribution is 0.0692. The zero-order valence-electron chi connectivity index (χ0n) is 7.33. The number of rotatable bonds is 2. The molecule has 3 nitrogen and oxygen atoms in total. The molecule has 0 fully saturated rings. The maximum atomic E-state index is 11.0. The van der Waals surface area contributed by atoms with Crippen LogP contribution in [-0.4, -0.2) is 16.1 Å². The lowest BCUT2D eigenvalue weighted by Crippen LogP contribution is -1.97. The quantitative estimate of drug-likeness (QED) is 0.715. The van der Waals surface area contributed by atoms with Crippen molar-refractivity contribution in [2.75, 3.05) is 0 Å². The minimum absolute atomic E-state index is 0.0816. The third-order valence-electron chi connectivity index (χ3n) is 1.67. The number of thiophene rings is 1. The Bertz CT molecular complexity index is 544. The first-order chi connectivity index (χ1) is 7.49. The number of carboxylic acids is 1. The lowest BCUT2D eigenvalue weighted by atomic mass is 10.3. The molecule has 0 bridgehead atoms. The van der Waals surface area contributed by atoms with Crippen LogP contribution in [0.5, 0.6) is 0 Å². The van der Waals surface area contributed by atoms with E-state index in [-0.39, 0.29) is 5.69 Å². The second-order valence-electron chi connectivity index (χ2n) is 2.68. The molecule has 0 spiro atoms. The van der Waals surface area contributed by atoms with Gasteiger partial charge in [0, 0.05) is 9.35 Å². The van der Waals surface area contributed by atoms with Crippen molar-refractivity contribution in [2.45, 2.75) is 0 Å². The molecule has 0 radical (unpaired) electrons. The third-order valence-corrected chi connectivity index (χ3v) is 6.62. The van der Waals surface area contributed by atoms with Crippen LogP contribution in [0.15, 0.2) is 18.2 Å². The number of nitrogens with zero attached hydrogens (tertiary/aromatic N) is 1. The van der Waals surface area contributed by atoms with Gasteiger partial charge in [-0.25, -0.2) is 9.78 Å². The number of hydrogen-bond acceptors (Lipinski definition) is 4. The summed E-state index contributed by atoms with van der Waals surface area (Å²) in [5.41, 5.74) is 0.0816. The van der Waals surface area contributed by atoms with Crippen LogP contribution < -0.4 is 0 Å². The summed E-state index contributed by atoms with van der Waals surface area (Å²) in [5.74, 6) is -1.02. The van der Waals surface area contributed by atoms with Crippen molar-refractivity contribution in [1.29, 1.82) is 0 Å². The maximum Gasteiger partial charge on any atom is 0.356 e. The maximum absolute atomic E-state index is 11.0. The molecule has 0 aliphatic rings. The fourth-order valence-electron chi connectivity index (χ4n) is 1.06. The van der Waals surface area contributed by atoms with Crippen molar-refractivity contribution >= 4 is 76.4 Å². The standard InChI is InChI=1S/C8H2Br3NO2S2/c9-2-1-3(15-6(2)10)5-4(7(13)14)12-8(11)16-5/h1H,(H,13,14). The highest BCUT2D eigenvalue weighted by Crippen LogP contribution is 2.42. The van der Waals surface area contributed by atoms with Gasteiger partial charge in [-0.1, -0.05) is 0 Å². The van der Waals surface area contributed by atoms with Gasteiger partial charge in [0.1, 0.15) is 0 Å². The third kappa shape index (κ3) is 2.40. The molecule has 8 heteroatoms. The van der Waals surface area contributed by atoms with Crippen LogP contribution in [0.1, 0.15) is 10.5 Å². The van der Waals surface area contributed by atoms with Crippen LogP contribution in [0.2, 0.25) is 0 Å². The average Bonchev–Trinajstić information content (AvgIpc) is 2.71. The van der Waals surface area contributed by atoms with E-state index in [9.17, 15) is 4.79 Å². The summed E-state index contributed by atoms with van der Waals surface area (Å²) in [6.07, 6.45) is 0. The predicted molar refractivity (Wildman–Crippen MR) is 75.5 cm³/mol. The normalized spacial score (nSPS) is 10.7. The molecule has 0 amide bonds. The topological polar surface area (TPSA) is 50.2 Å². The molecule has 0 atom stereocenters. The van der Waals surface area contributed by atoms with Gasteiger partial charge in [-0.3, -0.25) is 0 Å². The van der Waals surface area contributed by atoms with Gasteiger partial charge < -0.3 is 5.11 Å². The molecular formula is C8H2Br3NO2S2. The van der Waals surface area contributed by atoms with E-state index in [1.165, 1.54) is 22.7 Å². The van der Waals surface area contributed by atoms with Gasteiger partial charge in [-0.15, -0.1) is 22.7 Å². The van der Waals surface area contributed by atoms with Crippen LogP contribution in [0.3, 0.4) is 0 Å². The van der Waals surface area contributed by atoms with Gasteiger partial charge in [-0.05, 0) is 53.9 Å². The van der Waals surface area contributed by atoms with Crippen molar-refractivity contribution in [3.8, 4) is 9.75 Å². The van der Waals surface area contributed by atoms with Gasteiger partial charge in [0.2, 0.25) is 0 Å². The van der Waals surface area contributed by atoms with Crippen molar-refractivity contribution in [2.24, 2.45) is 0 Å². The van der Waals surface area contributed by atoms with E-state index in [2.05, 4.69) is 52.8 Å². The van der Waals surface area contributed by atoms with Crippen molar-refractivity contribution < 1.29 is 9.90 Å². The molecule has 2 heterocycles. The Morgan fingerprint density at radius 3 is 2.50 bits per heavy atom. The number of hydrogen-bond donors (Lipinski definition) is 1. The summed E-state index contributed by atoms with van der Waals surface area (Å²) >= 11 is 12.7.